The molecule has 0 aromatic carbocycles. The van der Waals surface area contributed by atoms with Crippen LogP contribution >= 0.6 is 11.3 Å². The van der Waals surface area contributed by atoms with Crippen LogP contribution in [0.5, 0.6) is 0 Å². The van der Waals surface area contributed by atoms with E-state index in [2.05, 4.69) is 31.9 Å². The summed E-state index contributed by atoms with van der Waals surface area (Å²) < 4.78 is 1.57. The molecular formula is C7H13NSSi. The summed E-state index contributed by atoms with van der Waals surface area (Å²) in [7, 11) is -0.591. The molecule has 1 aromatic heterocycles. The van der Waals surface area contributed by atoms with Gasteiger partial charge in [0.25, 0.3) is 0 Å². The lowest BCUT2D eigenvalue weighted by Gasteiger charge is -1.97. The number of aryl methyl sites for hydroxylation is 2. The Balaban J connectivity index is 3.03. The number of rotatable bonds is 1. The summed E-state index contributed by atoms with van der Waals surface area (Å²) in [6, 6.07) is 0. The zero-order chi connectivity index (χ0) is 7.72. The van der Waals surface area contributed by atoms with Gasteiger partial charge in [-0.15, -0.1) is 11.3 Å². The van der Waals surface area contributed by atoms with Crippen molar-refractivity contribution >= 4 is 24.6 Å². The Morgan fingerprint density at radius 2 is 1.90 bits per heavy atom. The first-order valence-electron chi connectivity index (χ1n) is 3.55. The van der Waals surface area contributed by atoms with Crippen LogP contribution in [0.1, 0.15) is 10.7 Å². The molecule has 56 valence electrons. The Kier molecular flexibility index (Phi) is 2.26. The Hall–Kier alpha value is -0.153. The maximum atomic E-state index is 4.39. The largest absolute Gasteiger partial charge is 0.247 e. The average Bonchev–Trinajstić information content (AvgIpc) is 2.10. The van der Waals surface area contributed by atoms with Crippen LogP contribution in [0.4, 0.5) is 0 Å². The molecule has 10 heavy (non-hydrogen) atoms. The summed E-state index contributed by atoms with van der Waals surface area (Å²) in [5, 5.41) is 1.22. The van der Waals surface area contributed by atoms with Crippen molar-refractivity contribution in [1.29, 1.82) is 0 Å². The summed E-state index contributed by atoms with van der Waals surface area (Å²) >= 11 is 1.87. The minimum atomic E-state index is -0.591. The predicted molar refractivity (Wildman–Crippen MR) is 50.1 cm³/mol. The minimum Gasteiger partial charge on any atom is -0.247 e. The third-order valence-corrected chi connectivity index (χ3v) is 5.60. The molecule has 0 radical (unpaired) electrons. The van der Waals surface area contributed by atoms with Gasteiger partial charge >= 0.3 is 0 Å². The lowest BCUT2D eigenvalue weighted by molar-refractivity contribution is 1.21. The Morgan fingerprint density at radius 3 is 2.10 bits per heavy atom. The van der Waals surface area contributed by atoms with Crippen molar-refractivity contribution in [3.63, 3.8) is 0 Å². The minimum absolute atomic E-state index is 0.591. The molecule has 1 aromatic rings. The fourth-order valence-electron chi connectivity index (χ4n) is 1.08. The van der Waals surface area contributed by atoms with Gasteiger partial charge in [-0.1, -0.05) is 13.1 Å². The van der Waals surface area contributed by atoms with E-state index in [0.717, 1.165) is 0 Å². The van der Waals surface area contributed by atoms with E-state index in [1.165, 1.54) is 10.7 Å². The zero-order valence-corrected chi connectivity index (χ0v) is 8.90. The number of hydrogen-bond donors (Lipinski definition) is 0. The molecule has 0 amide bonds. The first-order chi connectivity index (χ1) is 4.61. The van der Waals surface area contributed by atoms with Gasteiger partial charge in [0.2, 0.25) is 0 Å². The van der Waals surface area contributed by atoms with E-state index in [-0.39, 0.29) is 0 Å². The molecule has 0 aliphatic carbocycles. The van der Waals surface area contributed by atoms with Gasteiger partial charge in [0, 0.05) is 10.2 Å². The van der Waals surface area contributed by atoms with Crippen molar-refractivity contribution in [3.8, 4) is 0 Å². The highest BCUT2D eigenvalue weighted by molar-refractivity contribution is 7.23. The standard InChI is InChI=1S/C7H13NSSi/c1-5-7(10(3)4)9-6(2)8-5/h10H,1-4H3. The predicted octanol–water partition coefficient (Wildman–Crippen LogP) is 1.45. The summed E-state index contributed by atoms with van der Waals surface area (Å²) in [4.78, 5) is 4.39. The highest BCUT2D eigenvalue weighted by Gasteiger charge is 2.08. The van der Waals surface area contributed by atoms with Crippen LogP contribution < -0.4 is 4.50 Å². The molecular weight excluding hydrogens is 158 g/mol. The van der Waals surface area contributed by atoms with Crippen molar-refractivity contribution in [2.24, 2.45) is 0 Å². The molecule has 1 rings (SSSR count). The van der Waals surface area contributed by atoms with Crippen LogP contribution in [0.15, 0.2) is 0 Å². The molecule has 0 spiro atoms. The van der Waals surface area contributed by atoms with E-state index in [0.29, 0.717) is 0 Å². The van der Waals surface area contributed by atoms with Gasteiger partial charge < -0.3 is 0 Å². The Morgan fingerprint density at radius 1 is 1.30 bits per heavy atom. The van der Waals surface area contributed by atoms with E-state index in [9.17, 15) is 0 Å². The van der Waals surface area contributed by atoms with Gasteiger partial charge in [0.05, 0.1) is 13.8 Å². The maximum Gasteiger partial charge on any atom is 0.0895 e. The van der Waals surface area contributed by atoms with Crippen LogP contribution in [-0.4, -0.2) is 13.8 Å². The second kappa shape index (κ2) is 2.84. The van der Waals surface area contributed by atoms with E-state index >= 15 is 0 Å². The number of thiazole rings is 1. The monoisotopic (exact) mass is 171 g/mol. The lowest BCUT2D eigenvalue weighted by Crippen LogP contribution is -2.21. The van der Waals surface area contributed by atoms with Crippen molar-refractivity contribution in [2.45, 2.75) is 26.9 Å². The van der Waals surface area contributed by atoms with Crippen LogP contribution in [0, 0.1) is 13.8 Å². The fraction of sp³-hybridized carbons (Fsp3) is 0.571. The smallest absolute Gasteiger partial charge is 0.0895 e. The van der Waals surface area contributed by atoms with Crippen molar-refractivity contribution in [2.75, 3.05) is 0 Å². The number of nitrogens with zero attached hydrogens (tertiary/aromatic N) is 1. The van der Waals surface area contributed by atoms with Crippen molar-refractivity contribution in [1.82, 2.24) is 4.98 Å². The van der Waals surface area contributed by atoms with E-state index < -0.39 is 8.80 Å². The maximum absolute atomic E-state index is 4.39. The molecule has 0 saturated carbocycles. The van der Waals surface area contributed by atoms with Gasteiger partial charge in [-0.05, 0) is 13.8 Å². The zero-order valence-electron chi connectivity index (χ0n) is 6.93. The summed E-state index contributed by atoms with van der Waals surface area (Å²) in [6.45, 7) is 8.89. The fourth-order valence-corrected chi connectivity index (χ4v) is 4.13. The molecule has 0 aliphatic heterocycles. The first-order valence-corrected chi connectivity index (χ1v) is 7.25. The van der Waals surface area contributed by atoms with Crippen LogP contribution in [-0.2, 0) is 0 Å². The van der Waals surface area contributed by atoms with Gasteiger partial charge in [-0.3, -0.25) is 0 Å². The second-order valence-electron chi connectivity index (χ2n) is 2.84. The second-order valence-corrected chi connectivity index (χ2v) is 7.38. The first kappa shape index (κ1) is 7.95. The normalized spacial score (nSPS) is 10.9. The van der Waals surface area contributed by atoms with E-state index in [1.54, 1.807) is 4.50 Å². The topological polar surface area (TPSA) is 12.9 Å². The summed E-state index contributed by atoms with van der Waals surface area (Å²) in [5.74, 6) is 0. The molecule has 0 saturated heterocycles. The number of aromatic nitrogens is 1. The third-order valence-electron chi connectivity index (χ3n) is 1.46. The molecule has 3 heteroatoms. The molecule has 0 unspecified atom stereocenters. The molecule has 0 aliphatic rings. The van der Waals surface area contributed by atoms with Gasteiger partial charge in [0.15, 0.2) is 0 Å². The highest BCUT2D eigenvalue weighted by Crippen LogP contribution is 2.05. The number of hydrogen-bond acceptors (Lipinski definition) is 2. The van der Waals surface area contributed by atoms with Gasteiger partial charge in [-0.2, -0.15) is 0 Å². The third kappa shape index (κ3) is 1.46. The summed E-state index contributed by atoms with van der Waals surface area (Å²) in [5.41, 5.74) is 1.27. The molecule has 0 bridgehead atoms. The SMILES string of the molecule is Cc1nc(C)c([SiH](C)C)s1. The van der Waals surface area contributed by atoms with E-state index in [4.69, 9.17) is 0 Å². The molecule has 1 heterocycles. The van der Waals surface area contributed by atoms with Crippen LogP contribution in [0.25, 0.3) is 0 Å². The van der Waals surface area contributed by atoms with Gasteiger partial charge in [0.1, 0.15) is 0 Å². The average molecular weight is 171 g/mol. The highest BCUT2D eigenvalue weighted by atomic mass is 32.1. The van der Waals surface area contributed by atoms with Crippen molar-refractivity contribution < 1.29 is 0 Å². The molecule has 0 atom stereocenters. The Labute approximate surface area is 67.7 Å². The van der Waals surface area contributed by atoms with E-state index in [1.807, 2.05) is 11.3 Å². The molecule has 0 N–H and O–H groups in total. The molecule has 0 fully saturated rings. The lowest BCUT2D eigenvalue weighted by atomic mass is 10.6. The van der Waals surface area contributed by atoms with Crippen molar-refractivity contribution in [3.05, 3.63) is 10.7 Å². The van der Waals surface area contributed by atoms with Crippen LogP contribution in [0.3, 0.4) is 0 Å². The van der Waals surface area contributed by atoms with Gasteiger partial charge in [-0.25, -0.2) is 4.98 Å². The molecule has 1 nitrogen and oxygen atoms in total. The quantitative estimate of drug-likeness (QED) is 0.583. The van der Waals surface area contributed by atoms with Crippen LogP contribution in [0.2, 0.25) is 13.1 Å². The summed E-state index contributed by atoms with van der Waals surface area (Å²) in [6.07, 6.45) is 0. The Bertz CT molecular complexity index is 230.